The summed E-state index contributed by atoms with van der Waals surface area (Å²) in [5.74, 6) is 0. The number of carboxylic acid groups (broad SMARTS) is 2. The number of benzene rings is 1. The lowest BCUT2D eigenvalue weighted by Gasteiger charge is -2.18. The Bertz CT molecular complexity index is 601. The molecule has 0 fully saturated rings. The Labute approximate surface area is 135 Å². The second-order valence-electron chi connectivity index (χ2n) is 5.20. The molecule has 0 unspecified atom stereocenters. The largest absolute Gasteiger partial charge is 0.591 e. The average Bonchev–Trinajstić information content (AvgIpc) is 2.36. The Kier molecular flexibility index (Phi) is 5.81. The SMILES string of the molecule is CC(C)(C)[S@+]([O-])/N=C/c1cc(N(C(=O)O)C(=O)O)ccc1Cl. The summed E-state index contributed by atoms with van der Waals surface area (Å²) in [6, 6.07) is 3.84. The number of hydrogen-bond donors (Lipinski definition) is 2. The number of nitrogens with zero attached hydrogens (tertiary/aromatic N) is 2. The molecule has 0 radical (unpaired) electrons. The van der Waals surface area contributed by atoms with Gasteiger partial charge in [-0.2, -0.15) is 4.90 Å². The molecule has 0 saturated heterocycles. The third-order valence-electron chi connectivity index (χ3n) is 2.43. The molecule has 0 heterocycles. The van der Waals surface area contributed by atoms with Crippen molar-refractivity contribution in [2.75, 3.05) is 4.90 Å². The lowest BCUT2D eigenvalue weighted by molar-refractivity contribution is 0.184. The van der Waals surface area contributed by atoms with Crippen molar-refractivity contribution in [2.45, 2.75) is 25.5 Å². The van der Waals surface area contributed by atoms with Crippen LogP contribution in [0.5, 0.6) is 0 Å². The number of carbonyl (C=O) groups is 2. The fourth-order valence-electron chi connectivity index (χ4n) is 1.33. The summed E-state index contributed by atoms with van der Waals surface area (Å²) in [4.78, 5) is 22.1. The van der Waals surface area contributed by atoms with Gasteiger partial charge in [0.1, 0.15) is 16.1 Å². The van der Waals surface area contributed by atoms with E-state index < -0.39 is 28.3 Å². The summed E-state index contributed by atoms with van der Waals surface area (Å²) < 4.78 is 15.2. The van der Waals surface area contributed by atoms with Crippen molar-refractivity contribution in [3.05, 3.63) is 28.8 Å². The van der Waals surface area contributed by atoms with Gasteiger partial charge in [0.05, 0.1) is 11.9 Å². The smallest absolute Gasteiger partial charge is 0.421 e. The van der Waals surface area contributed by atoms with E-state index >= 15 is 0 Å². The summed E-state index contributed by atoms with van der Waals surface area (Å²) in [7, 11) is 0. The van der Waals surface area contributed by atoms with E-state index in [2.05, 4.69) is 4.40 Å². The molecular weight excluding hydrogens is 332 g/mol. The molecular formula is C13H15ClN2O5S. The molecule has 9 heteroatoms. The molecule has 1 atom stereocenters. The molecule has 120 valence electrons. The summed E-state index contributed by atoms with van der Waals surface area (Å²) in [6.07, 6.45) is -2.05. The molecule has 0 saturated carbocycles. The van der Waals surface area contributed by atoms with E-state index in [4.69, 9.17) is 21.8 Å². The minimum atomic E-state index is -1.64. The maximum absolute atomic E-state index is 11.9. The van der Waals surface area contributed by atoms with Crippen LogP contribution in [-0.2, 0) is 11.4 Å². The lowest BCUT2D eigenvalue weighted by atomic mass is 10.2. The minimum absolute atomic E-state index is 0.104. The van der Waals surface area contributed by atoms with Gasteiger partial charge in [0.2, 0.25) is 0 Å². The van der Waals surface area contributed by atoms with E-state index in [1.54, 1.807) is 20.8 Å². The van der Waals surface area contributed by atoms with Crippen LogP contribution >= 0.6 is 11.6 Å². The molecule has 2 amide bonds. The molecule has 1 aromatic rings. The van der Waals surface area contributed by atoms with Crippen molar-refractivity contribution < 1.29 is 24.4 Å². The Balaban J connectivity index is 3.18. The van der Waals surface area contributed by atoms with Crippen LogP contribution in [0.1, 0.15) is 26.3 Å². The first-order valence-electron chi connectivity index (χ1n) is 6.05. The highest BCUT2D eigenvalue weighted by Crippen LogP contribution is 2.24. The van der Waals surface area contributed by atoms with Gasteiger partial charge in [-0.25, -0.2) is 9.59 Å². The highest BCUT2D eigenvalue weighted by atomic mass is 35.5. The highest BCUT2D eigenvalue weighted by molar-refractivity contribution is 7.91. The number of hydrogen-bond acceptors (Lipinski definition) is 4. The first-order chi connectivity index (χ1) is 10.0. The Morgan fingerprint density at radius 1 is 1.32 bits per heavy atom. The van der Waals surface area contributed by atoms with E-state index in [0.29, 0.717) is 0 Å². The van der Waals surface area contributed by atoms with Gasteiger partial charge < -0.3 is 14.8 Å². The summed E-state index contributed by atoms with van der Waals surface area (Å²) in [5.41, 5.74) is 0.164. The van der Waals surface area contributed by atoms with Crippen LogP contribution in [0, 0.1) is 0 Å². The second kappa shape index (κ2) is 6.99. The predicted octanol–water partition coefficient (Wildman–Crippen LogP) is 3.38. The van der Waals surface area contributed by atoms with Crippen LogP contribution < -0.4 is 4.90 Å². The Hall–Kier alpha value is -1.77. The van der Waals surface area contributed by atoms with Crippen molar-refractivity contribution in [3.63, 3.8) is 0 Å². The number of rotatable bonds is 3. The first kappa shape index (κ1) is 18.3. The normalized spacial score (nSPS) is 13.1. The second-order valence-corrected chi connectivity index (χ2v) is 7.54. The summed E-state index contributed by atoms with van der Waals surface area (Å²) >= 11 is 4.44. The standard InChI is InChI=1S/C13H15ClN2O5S/c1-13(2,3)22(21)15-7-8-6-9(4-5-10(8)14)16(11(17)18)12(19)20/h4-7H,1-3H3,(H,17,18)(H,19,20)/b15-7+/t22-/m0/s1. The molecule has 0 aliphatic heterocycles. The molecule has 7 nitrogen and oxygen atoms in total. The zero-order chi connectivity index (χ0) is 17.1. The van der Waals surface area contributed by atoms with E-state index in [1.165, 1.54) is 24.4 Å². The zero-order valence-electron chi connectivity index (χ0n) is 12.1. The topological polar surface area (TPSA) is 113 Å². The van der Waals surface area contributed by atoms with Crippen LogP contribution in [0.2, 0.25) is 5.02 Å². The van der Waals surface area contributed by atoms with Crippen LogP contribution in [0.4, 0.5) is 15.3 Å². The van der Waals surface area contributed by atoms with Gasteiger partial charge in [-0.1, -0.05) is 16.0 Å². The van der Waals surface area contributed by atoms with Crippen LogP contribution in [0.3, 0.4) is 0 Å². The Morgan fingerprint density at radius 2 is 1.86 bits per heavy atom. The van der Waals surface area contributed by atoms with Crippen LogP contribution in [-0.4, -0.2) is 37.9 Å². The molecule has 0 aliphatic rings. The third kappa shape index (κ3) is 4.62. The van der Waals surface area contributed by atoms with Crippen molar-refractivity contribution in [1.29, 1.82) is 0 Å². The van der Waals surface area contributed by atoms with E-state index in [9.17, 15) is 14.1 Å². The van der Waals surface area contributed by atoms with E-state index in [0.717, 1.165) is 0 Å². The molecule has 0 spiro atoms. The molecule has 1 aromatic carbocycles. The summed E-state index contributed by atoms with van der Waals surface area (Å²) in [6.45, 7) is 5.24. The third-order valence-corrected chi connectivity index (χ3v) is 4.12. The number of imide groups is 1. The van der Waals surface area contributed by atoms with Gasteiger partial charge in [0.15, 0.2) is 0 Å². The molecule has 0 bridgehead atoms. The van der Waals surface area contributed by atoms with E-state index in [-0.39, 0.29) is 21.2 Å². The fourth-order valence-corrected chi connectivity index (χ4v) is 2.03. The van der Waals surface area contributed by atoms with Crippen molar-refractivity contribution in [1.82, 2.24) is 0 Å². The van der Waals surface area contributed by atoms with E-state index in [1.807, 2.05) is 0 Å². The maximum Gasteiger partial charge on any atom is 0.421 e. The number of anilines is 1. The Morgan fingerprint density at radius 3 is 2.32 bits per heavy atom. The van der Waals surface area contributed by atoms with Crippen LogP contribution in [0.25, 0.3) is 0 Å². The van der Waals surface area contributed by atoms with Crippen molar-refractivity contribution in [2.24, 2.45) is 4.40 Å². The van der Waals surface area contributed by atoms with Gasteiger partial charge >= 0.3 is 12.2 Å². The molecule has 0 aliphatic carbocycles. The quantitative estimate of drug-likeness (QED) is 0.643. The van der Waals surface area contributed by atoms with Gasteiger partial charge in [0, 0.05) is 10.6 Å². The number of amides is 2. The van der Waals surface area contributed by atoms with Crippen LogP contribution in [0.15, 0.2) is 22.6 Å². The molecule has 1 rings (SSSR count). The van der Waals surface area contributed by atoms with Gasteiger partial charge in [-0.3, -0.25) is 0 Å². The van der Waals surface area contributed by atoms with Gasteiger partial charge in [-0.15, -0.1) is 0 Å². The first-order valence-corrected chi connectivity index (χ1v) is 7.54. The zero-order valence-corrected chi connectivity index (χ0v) is 13.7. The van der Waals surface area contributed by atoms with Gasteiger partial charge in [0.25, 0.3) is 0 Å². The minimum Gasteiger partial charge on any atom is -0.591 e. The average molecular weight is 347 g/mol. The fraction of sp³-hybridized carbons (Fsp3) is 0.308. The molecule has 2 N–H and O–H groups in total. The maximum atomic E-state index is 11.9. The monoisotopic (exact) mass is 346 g/mol. The summed E-state index contributed by atoms with van der Waals surface area (Å²) in [5, 5.41) is 18.1. The number of halogens is 1. The van der Waals surface area contributed by atoms with Crippen molar-refractivity contribution in [3.8, 4) is 0 Å². The van der Waals surface area contributed by atoms with Gasteiger partial charge in [-0.05, 0) is 39.0 Å². The molecule has 0 aromatic heterocycles. The molecule has 22 heavy (non-hydrogen) atoms. The highest BCUT2D eigenvalue weighted by Gasteiger charge is 2.26. The lowest BCUT2D eigenvalue weighted by Crippen LogP contribution is -2.34. The van der Waals surface area contributed by atoms with Crippen molar-refractivity contribution >= 4 is 47.1 Å². The predicted molar refractivity (Wildman–Crippen MR) is 85.5 cm³/mol.